The zero-order chi connectivity index (χ0) is 29.2. The van der Waals surface area contributed by atoms with Crippen LogP contribution in [0.5, 0.6) is 11.5 Å². The summed E-state index contributed by atoms with van der Waals surface area (Å²) in [5.74, 6) is 0.0138. The Labute approximate surface area is 249 Å². The first-order valence-corrected chi connectivity index (χ1v) is 14.0. The van der Waals surface area contributed by atoms with Gasteiger partial charge in [0.25, 0.3) is 11.8 Å². The van der Waals surface area contributed by atoms with E-state index in [0.29, 0.717) is 23.1 Å². The molecule has 0 aliphatic carbocycles. The van der Waals surface area contributed by atoms with Gasteiger partial charge in [0, 0.05) is 17.0 Å². The third-order valence-electron chi connectivity index (χ3n) is 6.24. The summed E-state index contributed by atoms with van der Waals surface area (Å²) in [7, 11) is 0. The summed E-state index contributed by atoms with van der Waals surface area (Å²) >= 11 is 12.1. The minimum absolute atomic E-state index is 0.251. The third kappa shape index (κ3) is 8.22. The second-order valence-electron chi connectivity index (χ2n) is 9.37. The monoisotopic (exact) mass is 591 g/mol. The first kappa shape index (κ1) is 29.9. The number of nitrogens with zero attached hydrogens (tertiary/aromatic N) is 1. The van der Waals surface area contributed by atoms with Gasteiger partial charge in [0.1, 0.15) is 17.5 Å². The van der Waals surface area contributed by atoms with Crippen LogP contribution in [0.3, 0.4) is 0 Å². The van der Waals surface area contributed by atoms with Crippen LogP contribution >= 0.6 is 23.2 Å². The molecule has 0 fully saturated rings. The van der Waals surface area contributed by atoms with Gasteiger partial charge in [-0.15, -0.1) is 0 Å². The lowest BCUT2D eigenvalue weighted by atomic mass is 10.0. The Morgan fingerprint density at radius 2 is 1.66 bits per heavy atom. The van der Waals surface area contributed by atoms with Gasteiger partial charge in [-0.05, 0) is 53.9 Å². The molecule has 0 aliphatic heterocycles. The van der Waals surface area contributed by atoms with Crippen molar-refractivity contribution >= 4 is 52.0 Å². The lowest BCUT2D eigenvalue weighted by Crippen LogP contribution is -2.50. The molecule has 2 N–H and O–H groups in total. The fraction of sp³-hybridized carbons (Fsp3) is 0.219. The SMILES string of the molecule is CCCOc1ccc2ccccc2c1/C=N\NC(=O)[C@@H](Cc1ccccc1)NC(=O)[C@H](C)Oc1ccc(Cl)cc1Cl. The van der Waals surface area contributed by atoms with Crippen LogP contribution in [0.15, 0.2) is 90.0 Å². The predicted octanol–water partition coefficient (Wildman–Crippen LogP) is 6.58. The number of nitrogens with one attached hydrogen (secondary N) is 2. The average molecular weight is 593 g/mol. The van der Waals surface area contributed by atoms with Gasteiger partial charge in [-0.2, -0.15) is 5.10 Å². The maximum absolute atomic E-state index is 13.3. The molecule has 0 aromatic heterocycles. The summed E-state index contributed by atoms with van der Waals surface area (Å²) in [6.07, 6.45) is 1.74. The highest BCUT2D eigenvalue weighted by Gasteiger charge is 2.25. The number of halogens is 2. The second kappa shape index (κ2) is 14.5. The molecule has 4 aromatic rings. The summed E-state index contributed by atoms with van der Waals surface area (Å²) in [6, 6.07) is 25.0. The molecule has 0 spiro atoms. The van der Waals surface area contributed by atoms with Crippen LogP contribution in [0.25, 0.3) is 10.8 Å². The van der Waals surface area contributed by atoms with Gasteiger partial charge < -0.3 is 14.8 Å². The zero-order valence-electron chi connectivity index (χ0n) is 22.8. The molecular weight excluding hydrogens is 561 g/mol. The number of benzene rings is 4. The number of ether oxygens (including phenoxy) is 2. The Balaban J connectivity index is 1.51. The zero-order valence-corrected chi connectivity index (χ0v) is 24.3. The van der Waals surface area contributed by atoms with Crippen molar-refractivity contribution in [2.45, 2.75) is 38.8 Å². The summed E-state index contributed by atoms with van der Waals surface area (Å²) in [6.45, 7) is 4.17. The molecule has 41 heavy (non-hydrogen) atoms. The Morgan fingerprint density at radius 1 is 0.927 bits per heavy atom. The predicted molar refractivity (Wildman–Crippen MR) is 164 cm³/mol. The molecule has 4 rings (SSSR count). The molecule has 0 heterocycles. The molecule has 0 bridgehead atoms. The van der Waals surface area contributed by atoms with Crippen molar-refractivity contribution < 1.29 is 19.1 Å². The largest absolute Gasteiger partial charge is 0.493 e. The van der Waals surface area contributed by atoms with E-state index in [9.17, 15) is 9.59 Å². The summed E-state index contributed by atoms with van der Waals surface area (Å²) in [5, 5.41) is 9.73. The number of hydrogen-bond donors (Lipinski definition) is 2. The van der Waals surface area contributed by atoms with Crippen LogP contribution in [0.2, 0.25) is 10.0 Å². The van der Waals surface area contributed by atoms with Crippen molar-refractivity contribution in [2.75, 3.05) is 6.61 Å². The lowest BCUT2D eigenvalue weighted by molar-refractivity contribution is -0.132. The smallest absolute Gasteiger partial charge is 0.262 e. The second-order valence-corrected chi connectivity index (χ2v) is 10.2. The fourth-order valence-electron chi connectivity index (χ4n) is 4.15. The van der Waals surface area contributed by atoms with Crippen molar-refractivity contribution in [3.8, 4) is 11.5 Å². The van der Waals surface area contributed by atoms with E-state index in [1.807, 2.05) is 73.7 Å². The average Bonchev–Trinajstić information content (AvgIpc) is 2.98. The van der Waals surface area contributed by atoms with Crippen LogP contribution in [0.4, 0.5) is 0 Å². The van der Waals surface area contributed by atoms with Gasteiger partial charge in [-0.25, -0.2) is 5.43 Å². The standard InChI is InChI=1S/C32H31Cl2N3O4/c1-3-17-40-29-15-13-23-11-7-8-12-25(23)26(29)20-35-37-32(39)28(18-22-9-5-4-6-10-22)36-31(38)21(2)41-30-16-14-24(33)19-27(30)34/h4-16,19-21,28H,3,17-18H2,1-2H3,(H,36,38)(H,37,39)/b35-20-/t21-,28+/m0/s1. The molecule has 9 heteroatoms. The first-order chi connectivity index (χ1) is 19.9. The fourth-order valence-corrected chi connectivity index (χ4v) is 4.60. The Kier molecular flexibility index (Phi) is 10.6. The normalized spacial score (nSPS) is 12.6. The molecule has 2 amide bonds. The number of fused-ring (bicyclic) bond motifs is 1. The molecule has 0 saturated heterocycles. The topological polar surface area (TPSA) is 89.0 Å². The third-order valence-corrected chi connectivity index (χ3v) is 6.77. The van der Waals surface area contributed by atoms with E-state index in [2.05, 4.69) is 15.8 Å². The van der Waals surface area contributed by atoms with Crippen LogP contribution in [-0.4, -0.2) is 36.8 Å². The van der Waals surface area contributed by atoms with E-state index in [0.717, 1.165) is 28.3 Å². The number of carbonyl (C=O) groups excluding carboxylic acids is 2. The van der Waals surface area contributed by atoms with Crippen LogP contribution in [0.1, 0.15) is 31.4 Å². The van der Waals surface area contributed by atoms with Gasteiger partial charge in [0.05, 0.1) is 17.8 Å². The lowest BCUT2D eigenvalue weighted by Gasteiger charge is -2.21. The van der Waals surface area contributed by atoms with Crippen LogP contribution < -0.4 is 20.2 Å². The highest BCUT2D eigenvalue weighted by atomic mass is 35.5. The van der Waals surface area contributed by atoms with E-state index < -0.39 is 24.0 Å². The van der Waals surface area contributed by atoms with Gasteiger partial charge >= 0.3 is 0 Å². The number of amides is 2. The van der Waals surface area contributed by atoms with E-state index in [-0.39, 0.29) is 11.4 Å². The van der Waals surface area contributed by atoms with Crippen molar-refractivity contribution in [3.63, 3.8) is 0 Å². The van der Waals surface area contributed by atoms with Gasteiger partial charge in [0.2, 0.25) is 0 Å². The van der Waals surface area contributed by atoms with Crippen molar-refractivity contribution in [3.05, 3.63) is 106 Å². The van der Waals surface area contributed by atoms with E-state index in [1.165, 1.54) is 6.07 Å². The van der Waals surface area contributed by atoms with E-state index in [1.54, 1.807) is 25.3 Å². The van der Waals surface area contributed by atoms with Gasteiger partial charge in [-0.3, -0.25) is 9.59 Å². The van der Waals surface area contributed by atoms with Crippen molar-refractivity contribution in [1.29, 1.82) is 0 Å². The Hall–Kier alpha value is -4.07. The Morgan fingerprint density at radius 3 is 2.41 bits per heavy atom. The van der Waals surface area contributed by atoms with Crippen molar-refractivity contribution in [1.82, 2.24) is 10.7 Å². The Bertz CT molecular complexity index is 1530. The summed E-state index contributed by atoms with van der Waals surface area (Å²) in [4.78, 5) is 26.4. The number of hydrogen-bond acceptors (Lipinski definition) is 5. The quantitative estimate of drug-likeness (QED) is 0.144. The molecule has 0 saturated carbocycles. The minimum atomic E-state index is -0.933. The first-order valence-electron chi connectivity index (χ1n) is 13.3. The molecule has 2 atom stereocenters. The molecule has 4 aromatic carbocycles. The molecule has 0 radical (unpaired) electrons. The van der Waals surface area contributed by atoms with Gasteiger partial charge in [-0.1, -0.05) is 90.8 Å². The molecule has 0 aliphatic rings. The van der Waals surface area contributed by atoms with Gasteiger partial charge in [0.15, 0.2) is 6.10 Å². The number of hydrazone groups is 1. The molecule has 212 valence electrons. The highest BCUT2D eigenvalue weighted by Crippen LogP contribution is 2.29. The van der Waals surface area contributed by atoms with Crippen LogP contribution in [-0.2, 0) is 16.0 Å². The van der Waals surface area contributed by atoms with E-state index >= 15 is 0 Å². The number of rotatable bonds is 12. The molecule has 0 unspecified atom stereocenters. The molecular formula is C32H31Cl2N3O4. The van der Waals surface area contributed by atoms with Crippen LogP contribution in [0, 0.1) is 0 Å². The van der Waals surface area contributed by atoms with Crippen molar-refractivity contribution in [2.24, 2.45) is 5.10 Å². The minimum Gasteiger partial charge on any atom is -0.493 e. The van der Waals surface area contributed by atoms with E-state index in [4.69, 9.17) is 32.7 Å². The summed E-state index contributed by atoms with van der Waals surface area (Å²) in [5.41, 5.74) is 4.22. The number of carbonyl (C=O) groups is 2. The molecule has 7 nitrogen and oxygen atoms in total. The maximum Gasteiger partial charge on any atom is 0.262 e. The highest BCUT2D eigenvalue weighted by molar-refractivity contribution is 6.35. The summed E-state index contributed by atoms with van der Waals surface area (Å²) < 4.78 is 11.7. The maximum atomic E-state index is 13.3.